The molecule has 0 saturated carbocycles. The normalized spacial score (nSPS) is 12.1. The van der Waals surface area contributed by atoms with E-state index < -0.39 is 23.3 Å². The van der Waals surface area contributed by atoms with Crippen LogP contribution in [-0.4, -0.2) is 15.5 Å². The third-order valence-electron chi connectivity index (χ3n) is 1.61. The summed E-state index contributed by atoms with van der Waals surface area (Å²) in [5.41, 5.74) is -1.49. The first-order valence-corrected chi connectivity index (χ1v) is 3.99. The molecule has 1 aromatic rings. The molecular weight excluding hydrogens is 188 g/mol. The van der Waals surface area contributed by atoms with Gasteiger partial charge in [0, 0.05) is 19.3 Å². The number of carbonyl (C=O) groups excluding carboxylic acids is 1. The Morgan fingerprint density at radius 3 is 2.79 bits per heavy atom. The summed E-state index contributed by atoms with van der Waals surface area (Å²) in [5, 5.41) is 0. The average Bonchev–Trinajstić information content (AvgIpc) is 2.08. The highest BCUT2D eigenvalue weighted by atomic mass is 16.6. The lowest BCUT2D eigenvalue weighted by molar-refractivity contribution is -0.149. The molecule has 0 saturated heterocycles. The maximum Gasteiger partial charge on any atom is 0.319 e. The van der Waals surface area contributed by atoms with E-state index in [1.165, 1.54) is 26.2 Å². The number of nitrogens with zero attached hydrogens (tertiary/aromatic N) is 1. The van der Waals surface area contributed by atoms with E-state index in [0.29, 0.717) is 0 Å². The van der Waals surface area contributed by atoms with E-state index in [-0.39, 0.29) is 0 Å². The lowest BCUT2D eigenvalue weighted by atomic mass is 10.5. The van der Waals surface area contributed by atoms with Crippen LogP contribution in [0.25, 0.3) is 0 Å². The molecule has 0 spiro atoms. The van der Waals surface area contributed by atoms with Crippen molar-refractivity contribution < 1.29 is 9.53 Å². The predicted octanol–water partition coefficient (Wildman–Crippen LogP) is -0.382. The van der Waals surface area contributed by atoms with Gasteiger partial charge in [-0.05, 0) is 6.92 Å². The van der Waals surface area contributed by atoms with Gasteiger partial charge in [-0.3, -0.25) is 19.0 Å². The molecule has 6 heteroatoms. The van der Waals surface area contributed by atoms with Crippen molar-refractivity contribution in [2.45, 2.75) is 20.1 Å². The number of hydrogen-bond acceptors (Lipinski definition) is 4. The number of esters is 1. The number of hydrogen-bond donors (Lipinski definition) is 1. The molecule has 0 aliphatic heterocycles. The van der Waals surface area contributed by atoms with Gasteiger partial charge in [0.25, 0.3) is 0 Å². The summed E-state index contributed by atoms with van der Waals surface area (Å²) >= 11 is 0. The first-order chi connectivity index (χ1) is 6.52. The van der Waals surface area contributed by atoms with Crippen LogP contribution >= 0.6 is 0 Å². The zero-order chi connectivity index (χ0) is 10.7. The summed E-state index contributed by atoms with van der Waals surface area (Å²) in [6.07, 6.45) is 1.88. The van der Waals surface area contributed by atoms with Gasteiger partial charge in [-0.15, -0.1) is 0 Å². The molecule has 1 unspecified atom stereocenters. The summed E-state index contributed by atoms with van der Waals surface area (Å²) in [6, 6.07) is 0. The van der Waals surface area contributed by atoms with Crippen LogP contribution in [0.3, 0.4) is 0 Å². The Labute approximate surface area is 79.1 Å². The minimum absolute atomic E-state index is 0.510. The number of ether oxygens (including phenoxy) is 1. The number of H-pyrrole nitrogens is 1. The minimum Gasteiger partial charge on any atom is -0.442 e. The van der Waals surface area contributed by atoms with Gasteiger partial charge in [0.1, 0.15) is 0 Å². The fraction of sp³-hybridized carbons (Fsp3) is 0.375. The number of aromatic nitrogens is 2. The van der Waals surface area contributed by atoms with Gasteiger partial charge in [-0.1, -0.05) is 0 Å². The van der Waals surface area contributed by atoms with Gasteiger partial charge >= 0.3 is 17.1 Å². The summed E-state index contributed by atoms with van der Waals surface area (Å²) in [4.78, 5) is 34.9. The minimum atomic E-state index is -0.776. The molecule has 0 aliphatic carbocycles. The van der Waals surface area contributed by atoms with Crippen molar-refractivity contribution in [1.82, 2.24) is 9.55 Å². The van der Waals surface area contributed by atoms with Crippen LogP contribution in [0.15, 0.2) is 22.0 Å². The maximum absolute atomic E-state index is 11.2. The van der Waals surface area contributed by atoms with Crippen LogP contribution in [0.5, 0.6) is 0 Å². The smallest absolute Gasteiger partial charge is 0.319 e. The van der Waals surface area contributed by atoms with Gasteiger partial charge < -0.3 is 9.72 Å². The lowest BCUT2D eigenvalue weighted by Gasteiger charge is -2.13. The highest BCUT2D eigenvalue weighted by molar-refractivity contribution is 5.65. The Bertz CT molecular complexity index is 445. The fourth-order valence-electron chi connectivity index (χ4n) is 1.02. The highest BCUT2D eigenvalue weighted by Gasteiger charge is 2.09. The molecule has 1 atom stereocenters. The van der Waals surface area contributed by atoms with Gasteiger partial charge in [0.05, 0.1) is 0 Å². The van der Waals surface area contributed by atoms with Crippen molar-refractivity contribution in [3.63, 3.8) is 0 Å². The van der Waals surface area contributed by atoms with Crippen molar-refractivity contribution in [2.75, 3.05) is 0 Å². The van der Waals surface area contributed by atoms with Crippen LogP contribution in [0.4, 0.5) is 0 Å². The molecule has 0 aromatic carbocycles. The zero-order valence-corrected chi connectivity index (χ0v) is 7.81. The molecule has 1 heterocycles. The van der Waals surface area contributed by atoms with E-state index in [1.807, 2.05) is 0 Å². The molecule has 0 fully saturated rings. The second-order valence-electron chi connectivity index (χ2n) is 2.71. The zero-order valence-electron chi connectivity index (χ0n) is 7.81. The Hall–Kier alpha value is -1.85. The predicted molar refractivity (Wildman–Crippen MR) is 47.8 cm³/mol. The van der Waals surface area contributed by atoms with E-state index in [0.717, 1.165) is 4.57 Å². The topological polar surface area (TPSA) is 81.2 Å². The van der Waals surface area contributed by atoms with Crippen LogP contribution < -0.4 is 11.1 Å². The van der Waals surface area contributed by atoms with Crippen LogP contribution in [0, 0.1) is 0 Å². The molecule has 1 aromatic heterocycles. The Kier molecular flexibility index (Phi) is 2.85. The van der Waals surface area contributed by atoms with E-state index >= 15 is 0 Å². The first-order valence-electron chi connectivity index (χ1n) is 3.99. The van der Waals surface area contributed by atoms with Crippen LogP contribution in [0.2, 0.25) is 0 Å². The molecule has 1 N–H and O–H groups in total. The summed E-state index contributed by atoms with van der Waals surface area (Å²) in [6.45, 7) is 2.73. The molecule has 0 amide bonds. The molecule has 76 valence electrons. The van der Waals surface area contributed by atoms with Crippen LogP contribution in [-0.2, 0) is 9.53 Å². The van der Waals surface area contributed by atoms with E-state index in [1.54, 1.807) is 0 Å². The standard InChI is InChI=1S/C8H10N2O4/c1-5(14-6(2)11)10-4-3-9-7(12)8(10)13/h3-5H,1-2H3,(H,9,12). The monoisotopic (exact) mass is 198 g/mol. The van der Waals surface area contributed by atoms with Crippen molar-refractivity contribution in [3.8, 4) is 0 Å². The molecule has 6 nitrogen and oxygen atoms in total. The fourth-order valence-corrected chi connectivity index (χ4v) is 1.02. The van der Waals surface area contributed by atoms with E-state index in [9.17, 15) is 14.4 Å². The first kappa shape index (κ1) is 10.2. The van der Waals surface area contributed by atoms with Crippen molar-refractivity contribution >= 4 is 5.97 Å². The quantitative estimate of drug-likeness (QED) is 0.518. The number of aromatic amines is 1. The van der Waals surface area contributed by atoms with Gasteiger partial charge in [-0.25, -0.2) is 0 Å². The highest BCUT2D eigenvalue weighted by Crippen LogP contribution is 2.01. The molecule has 14 heavy (non-hydrogen) atoms. The Morgan fingerprint density at radius 2 is 2.21 bits per heavy atom. The average molecular weight is 198 g/mol. The third kappa shape index (κ3) is 2.09. The lowest BCUT2D eigenvalue weighted by Crippen LogP contribution is -2.37. The maximum atomic E-state index is 11.2. The summed E-state index contributed by atoms with van der Waals surface area (Å²) < 4.78 is 5.79. The van der Waals surface area contributed by atoms with Crippen molar-refractivity contribution in [2.24, 2.45) is 0 Å². The number of carbonyl (C=O) groups is 1. The molecule has 1 rings (SSSR count). The van der Waals surface area contributed by atoms with Crippen LogP contribution in [0.1, 0.15) is 20.1 Å². The third-order valence-corrected chi connectivity index (χ3v) is 1.61. The SMILES string of the molecule is CC(=O)OC(C)n1cc[nH]c(=O)c1=O. The van der Waals surface area contributed by atoms with Crippen molar-refractivity contribution in [1.29, 1.82) is 0 Å². The molecular formula is C8H10N2O4. The van der Waals surface area contributed by atoms with E-state index in [4.69, 9.17) is 4.74 Å². The second kappa shape index (κ2) is 3.91. The molecule has 0 radical (unpaired) electrons. The summed E-state index contributed by atoms with van der Waals surface area (Å²) in [5.74, 6) is -0.510. The summed E-state index contributed by atoms with van der Waals surface area (Å²) in [7, 11) is 0. The second-order valence-corrected chi connectivity index (χ2v) is 2.71. The van der Waals surface area contributed by atoms with Gasteiger partial charge in [-0.2, -0.15) is 0 Å². The largest absolute Gasteiger partial charge is 0.442 e. The van der Waals surface area contributed by atoms with Crippen molar-refractivity contribution in [3.05, 3.63) is 33.1 Å². The van der Waals surface area contributed by atoms with E-state index in [2.05, 4.69) is 4.98 Å². The number of rotatable bonds is 2. The molecule has 0 bridgehead atoms. The number of nitrogens with one attached hydrogen (secondary N) is 1. The Balaban J connectivity index is 3.08. The van der Waals surface area contributed by atoms with Gasteiger partial charge in [0.15, 0.2) is 6.23 Å². The van der Waals surface area contributed by atoms with Gasteiger partial charge in [0.2, 0.25) is 0 Å². The Morgan fingerprint density at radius 1 is 1.57 bits per heavy atom. The molecule has 0 aliphatic rings.